The molecule has 0 bridgehead atoms. The third-order valence-corrected chi connectivity index (χ3v) is 6.16. The standard InChI is InChI=1S/C25H30N4O3/c1-18(24(30)26-12-11-19-7-9-21(32-2)10-8-19)28-13-15-29(16-14-28)25(31)23-17-20-5-3-4-6-22(20)27-23/h3-10,17-18,27H,11-16H2,1-2H3,(H,26,30). The van der Waals surface area contributed by atoms with Crippen molar-refractivity contribution in [2.24, 2.45) is 0 Å². The number of methoxy groups -OCH3 is 1. The first-order chi connectivity index (χ1) is 15.5. The summed E-state index contributed by atoms with van der Waals surface area (Å²) in [5, 5.41) is 4.07. The van der Waals surface area contributed by atoms with E-state index in [1.807, 2.05) is 66.4 Å². The lowest BCUT2D eigenvalue weighted by Crippen LogP contribution is -2.55. The minimum absolute atomic E-state index is 0.0115. The van der Waals surface area contributed by atoms with E-state index < -0.39 is 0 Å². The van der Waals surface area contributed by atoms with E-state index in [1.165, 1.54) is 0 Å². The van der Waals surface area contributed by atoms with Gasteiger partial charge >= 0.3 is 0 Å². The molecule has 1 saturated heterocycles. The van der Waals surface area contributed by atoms with Crippen LogP contribution >= 0.6 is 0 Å². The van der Waals surface area contributed by atoms with Gasteiger partial charge in [-0.3, -0.25) is 14.5 Å². The highest BCUT2D eigenvalue weighted by Crippen LogP contribution is 2.17. The molecule has 2 heterocycles. The normalized spacial score (nSPS) is 15.5. The number of fused-ring (bicyclic) bond motifs is 1. The number of piperazine rings is 1. The Labute approximate surface area is 188 Å². The van der Waals surface area contributed by atoms with Crippen molar-refractivity contribution < 1.29 is 14.3 Å². The average Bonchev–Trinajstić information content (AvgIpc) is 3.28. The van der Waals surface area contributed by atoms with Crippen molar-refractivity contribution in [2.75, 3.05) is 39.8 Å². The van der Waals surface area contributed by atoms with E-state index >= 15 is 0 Å². The van der Waals surface area contributed by atoms with E-state index in [1.54, 1.807) is 7.11 Å². The molecule has 1 unspecified atom stereocenters. The van der Waals surface area contributed by atoms with Gasteiger partial charge in [0.15, 0.2) is 0 Å². The summed E-state index contributed by atoms with van der Waals surface area (Å²) in [6.07, 6.45) is 0.773. The number of hydrogen-bond acceptors (Lipinski definition) is 4. The van der Waals surface area contributed by atoms with Crippen LogP contribution in [0.2, 0.25) is 0 Å². The number of para-hydroxylation sites is 1. The fourth-order valence-corrected chi connectivity index (χ4v) is 4.11. The summed E-state index contributed by atoms with van der Waals surface area (Å²) in [6, 6.07) is 17.4. The van der Waals surface area contributed by atoms with Gasteiger partial charge in [0.2, 0.25) is 5.91 Å². The molecule has 1 atom stereocenters. The van der Waals surface area contributed by atoms with Gasteiger partial charge in [-0.25, -0.2) is 0 Å². The molecule has 2 amide bonds. The maximum atomic E-state index is 12.9. The number of aromatic nitrogens is 1. The molecule has 2 aromatic carbocycles. The molecule has 1 aliphatic rings. The van der Waals surface area contributed by atoms with Crippen LogP contribution in [0.15, 0.2) is 54.6 Å². The molecule has 0 radical (unpaired) electrons. The van der Waals surface area contributed by atoms with Crippen LogP contribution in [0.5, 0.6) is 5.75 Å². The van der Waals surface area contributed by atoms with Gasteiger partial charge in [-0.15, -0.1) is 0 Å². The summed E-state index contributed by atoms with van der Waals surface area (Å²) >= 11 is 0. The van der Waals surface area contributed by atoms with Crippen molar-refractivity contribution in [3.05, 3.63) is 65.9 Å². The molecular weight excluding hydrogens is 404 g/mol. The summed E-state index contributed by atoms with van der Waals surface area (Å²) in [5.41, 5.74) is 2.74. The number of hydrogen-bond donors (Lipinski definition) is 2. The van der Waals surface area contributed by atoms with Crippen LogP contribution in [-0.4, -0.2) is 72.5 Å². The number of benzene rings is 2. The van der Waals surface area contributed by atoms with E-state index in [-0.39, 0.29) is 17.9 Å². The van der Waals surface area contributed by atoms with E-state index in [0.717, 1.165) is 28.6 Å². The number of amides is 2. The van der Waals surface area contributed by atoms with Gasteiger partial charge in [-0.1, -0.05) is 30.3 Å². The lowest BCUT2D eigenvalue weighted by Gasteiger charge is -2.37. The van der Waals surface area contributed by atoms with Gasteiger partial charge < -0.3 is 19.9 Å². The van der Waals surface area contributed by atoms with E-state index in [2.05, 4.69) is 15.2 Å². The van der Waals surface area contributed by atoms with Crippen molar-refractivity contribution in [1.82, 2.24) is 20.1 Å². The predicted octanol–water partition coefficient (Wildman–Crippen LogP) is 2.68. The van der Waals surface area contributed by atoms with Crippen LogP contribution < -0.4 is 10.1 Å². The first-order valence-corrected chi connectivity index (χ1v) is 11.1. The molecule has 0 spiro atoms. The van der Waals surface area contributed by atoms with Crippen molar-refractivity contribution in [3.63, 3.8) is 0 Å². The van der Waals surface area contributed by atoms with Gasteiger partial charge in [0.1, 0.15) is 11.4 Å². The van der Waals surface area contributed by atoms with Crippen LogP contribution in [0, 0.1) is 0 Å². The Kier molecular flexibility index (Phi) is 6.75. The van der Waals surface area contributed by atoms with Crippen molar-refractivity contribution in [1.29, 1.82) is 0 Å². The number of H-pyrrole nitrogens is 1. The van der Waals surface area contributed by atoms with Crippen molar-refractivity contribution >= 4 is 22.7 Å². The first-order valence-electron chi connectivity index (χ1n) is 11.1. The zero-order valence-electron chi connectivity index (χ0n) is 18.6. The Balaban J connectivity index is 1.23. The van der Waals surface area contributed by atoms with Crippen LogP contribution in [0.25, 0.3) is 10.9 Å². The highest BCUT2D eigenvalue weighted by Gasteiger charge is 2.28. The van der Waals surface area contributed by atoms with Gasteiger partial charge in [0.25, 0.3) is 5.91 Å². The summed E-state index contributed by atoms with van der Waals surface area (Å²) in [5.74, 6) is 0.861. The highest BCUT2D eigenvalue weighted by molar-refractivity contribution is 5.98. The van der Waals surface area contributed by atoms with Gasteiger partial charge in [0, 0.05) is 43.6 Å². The Hall–Kier alpha value is -3.32. The van der Waals surface area contributed by atoms with Crippen molar-refractivity contribution in [2.45, 2.75) is 19.4 Å². The lowest BCUT2D eigenvalue weighted by molar-refractivity contribution is -0.126. The topological polar surface area (TPSA) is 77.7 Å². The molecule has 168 valence electrons. The molecule has 4 rings (SSSR count). The van der Waals surface area contributed by atoms with Crippen LogP contribution in [-0.2, 0) is 11.2 Å². The number of ether oxygens (including phenoxy) is 1. The largest absolute Gasteiger partial charge is 0.497 e. The molecule has 7 nitrogen and oxygen atoms in total. The summed E-state index contributed by atoms with van der Waals surface area (Å²) in [4.78, 5) is 32.7. The predicted molar refractivity (Wildman–Crippen MR) is 125 cm³/mol. The van der Waals surface area contributed by atoms with Crippen LogP contribution in [0.4, 0.5) is 0 Å². The second kappa shape index (κ2) is 9.87. The minimum atomic E-state index is -0.226. The maximum Gasteiger partial charge on any atom is 0.270 e. The zero-order valence-corrected chi connectivity index (χ0v) is 18.6. The Morgan fingerprint density at radius 2 is 1.78 bits per heavy atom. The number of rotatable bonds is 7. The van der Waals surface area contributed by atoms with Gasteiger partial charge in [0.05, 0.1) is 13.2 Å². The second-order valence-electron chi connectivity index (χ2n) is 8.16. The molecule has 3 aromatic rings. The highest BCUT2D eigenvalue weighted by atomic mass is 16.5. The molecule has 0 saturated carbocycles. The monoisotopic (exact) mass is 434 g/mol. The van der Waals surface area contributed by atoms with Gasteiger partial charge in [-0.05, 0) is 43.2 Å². The lowest BCUT2D eigenvalue weighted by atomic mass is 10.1. The SMILES string of the molecule is COc1ccc(CCNC(=O)C(C)N2CCN(C(=O)c3cc4ccccc4[nH]3)CC2)cc1. The Morgan fingerprint density at radius 3 is 2.47 bits per heavy atom. The fourth-order valence-electron chi connectivity index (χ4n) is 4.11. The van der Waals surface area contributed by atoms with Crippen LogP contribution in [0.1, 0.15) is 23.0 Å². The minimum Gasteiger partial charge on any atom is -0.497 e. The first kappa shape index (κ1) is 21.9. The number of carbonyl (C=O) groups excluding carboxylic acids is 2. The molecule has 1 aliphatic heterocycles. The van der Waals surface area contributed by atoms with E-state index in [0.29, 0.717) is 38.4 Å². The average molecular weight is 435 g/mol. The van der Waals surface area contributed by atoms with E-state index in [9.17, 15) is 9.59 Å². The second-order valence-corrected chi connectivity index (χ2v) is 8.16. The van der Waals surface area contributed by atoms with Crippen LogP contribution in [0.3, 0.4) is 0 Å². The Bertz CT molecular complexity index is 1040. The zero-order chi connectivity index (χ0) is 22.5. The molecule has 1 aromatic heterocycles. The molecule has 7 heteroatoms. The molecule has 2 N–H and O–H groups in total. The number of nitrogens with one attached hydrogen (secondary N) is 2. The summed E-state index contributed by atoms with van der Waals surface area (Å²) in [7, 11) is 1.65. The molecular formula is C25H30N4O3. The quantitative estimate of drug-likeness (QED) is 0.599. The van der Waals surface area contributed by atoms with Crippen molar-refractivity contribution in [3.8, 4) is 5.75 Å². The number of carbonyl (C=O) groups is 2. The fraction of sp³-hybridized carbons (Fsp3) is 0.360. The molecule has 32 heavy (non-hydrogen) atoms. The van der Waals surface area contributed by atoms with Gasteiger partial charge in [-0.2, -0.15) is 0 Å². The smallest absolute Gasteiger partial charge is 0.270 e. The Morgan fingerprint density at radius 1 is 1.06 bits per heavy atom. The third-order valence-electron chi connectivity index (χ3n) is 6.16. The third kappa shape index (κ3) is 4.94. The molecule has 1 fully saturated rings. The summed E-state index contributed by atoms with van der Waals surface area (Å²) in [6.45, 7) is 5.10. The number of nitrogens with zero attached hydrogens (tertiary/aromatic N) is 2. The summed E-state index contributed by atoms with van der Waals surface area (Å²) < 4.78 is 5.17. The van der Waals surface area contributed by atoms with E-state index in [4.69, 9.17) is 4.74 Å². The maximum absolute atomic E-state index is 12.9. The number of aromatic amines is 1. The molecule has 0 aliphatic carbocycles.